The predicted molar refractivity (Wildman–Crippen MR) is 68.7 cm³/mol. The van der Waals surface area contributed by atoms with Crippen molar-refractivity contribution in [2.24, 2.45) is 16.8 Å². The molecule has 7 nitrogen and oxygen atoms in total. The van der Waals surface area contributed by atoms with Gasteiger partial charge in [-0.05, 0) is 5.92 Å². The first-order valence-corrected chi connectivity index (χ1v) is 7.60. The Morgan fingerprint density at radius 3 is 2.17 bits per heavy atom. The molecule has 1 rings (SSSR count). The van der Waals surface area contributed by atoms with Gasteiger partial charge in [-0.3, -0.25) is 4.79 Å². The summed E-state index contributed by atoms with van der Waals surface area (Å²) >= 11 is 0. The molecular formula is C10H22N4O3S. The van der Waals surface area contributed by atoms with Crippen molar-refractivity contribution in [1.82, 2.24) is 9.21 Å². The summed E-state index contributed by atoms with van der Waals surface area (Å²) in [5.41, 5.74) is 5.87. The molecule has 0 aromatic heterocycles. The number of hydrogen-bond donors (Lipinski definition) is 2. The van der Waals surface area contributed by atoms with Crippen LogP contribution in [-0.4, -0.2) is 55.8 Å². The van der Waals surface area contributed by atoms with E-state index in [2.05, 4.69) is 0 Å². The number of nitrogens with zero attached hydrogens (tertiary/aromatic N) is 2. The largest absolute Gasteiger partial charge is 0.339 e. The molecule has 8 heteroatoms. The zero-order valence-electron chi connectivity index (χ0n) is 10.9. The highest BCUT2D eigenvalue weighted by molar-refractivity contribution is 7.86. The Morgan fingerprint density at radius 1 is 1.28 bits per heavy atom. The lowest BCUT2D eigenvalue weighted by Gasteiger charge is -2.35. The smallest absolute Gasteiger partial charge is 0.277 e. The van der Waals surface area contributed by atoms with Gasteiger partial charge >= 0.3 is 0 Å². The lowest BCUT2D eigenvalue weighted by Crippen LogP contribution is -2.56. The monoisotopic (exact) mass is 278 g/mol. The number of amides is 1. The summed E-state index contributed by atoms with van der Waals surface area (Å²) in [4.78, 5) is 13.7. The summed E-state index contributed by atoms with van der Waals surface area (Å²) in [5, 5.41) is 5.03. The number of nitrogens with two attached hydrogens (primary N) is 2. The first-order chi connectivity index (χ1) is 8.27. The Hall–Kier alpha value is -0.700. The van der Waals surface area contributed by atoms with Crippen molar-refractivity contribution in [3.8, 4) is 0 Å². The molecule has 1 fully saturated rings. The third-order valence-corrected chi connectivity index (χ3v) is 4.54. The Bertz CT molecular complexity index is 390. The number of carbonyl (C=O) groups is 1. The maximum atomic E-state index is 12.1. The van der Waals surface area contributed by atoms with Crippen LogP contribution in [0.25, 0.3) is 0 Å². The van der Waals surface area contributed by atoms with E-state index < -0.39 is 16.3 Å². The Kier molecular flexibility index (Phi) is 5.09. The van der Waals surface area contributed by atoms with E-state index in [0.717, 1.165) is 6.42 Å². The van der Waals surface area contributed by atoms with Crippen molar-refractivity contribution in [2.75, 3.05) is 26.2 Å². The van der Waals surface area contributed by atoms with Crippen molar-refractivity contribution in [3.63, 3.8) is 0 Å². The standard InChI is InChI=1S/C10H22N4O3S/c1-3-8(2)9(11)10(15)13-4-6-14(7-5-13)18(12,16)17/h8-9H,3-7,11H2,1-2H3,(H2,12,16,17)/t8-,9-/m0/s1. The van der Waals surface area contributed by atoms with Gasteiger partial charge in [0.15, 0.2) is 0 Å². The summed E-state index contributed by atoms with van der Waals surface area (Å²) in [5.74, 6) is 0.00666. The summed E-state index contributed by atoms with van der Waals surface area (Å²) in [6.45, 7) is 5.08. The van der Waals surface area contributed by atoms with Crippen LogP contribution in [0.5, 0.6) is 0 Å². The molecule has 0 saturated carbocycles. The van der Waals surface area contributed by atoms with Crippen LogP contribution in [0, 0.1) is 5.92 Å². The minimum atomic E-state index is -3.65. The SMILES string of the molecule is CC[C@H](C)[C@H](N)C(=O)N1CCN(S(N)(=O)=O)CC1. The fourth-order valence-electron chi connectivity index (χ4n) is 1.87. The fraction of sp³-hybridized carbons (Fsp3) is 0.900. The first kappa shape index (κ1) is 15.4. The first-order valence-electron chi connectivity index (χ1n) is 6.09. The summed E-state index contributed by atoms with van der Waals surface area (Å²) in [6, 6.07) is -0.518. The number of piperazine rings is 1. The molecule has 18 heavy (non-hydrogen) atoms. The van der Waals surface area contributed by atoms with Crippen LogP contribution in [0.1, 0.15) is 20.3 Å². The average Bonchev–Trinajstić information content (AvgIpc) is 2.35. The van der Waals surface area contributed by atoms with Gasteiger partial charge in [-0.1, -0.05) is 20.3 Å². The van der Waals surface area contributed by atoms with Crippen molar-refractivity contribution in [3.05, 3.63) is 0 Å². The van der Waals surface area contributed by atoms with Crippen LogP contribution >= 0.6 is 0 Å². The summed E-state index contributed by atoms with van der Waals surface area (Å²) < 4.78 is 23.4. The van der Waals surface area contributed by atoms with Crippen molar-refractivity contribution in [1.29, 1.82) is 0 Å². The lowest BCUT2D eigenvalue weighted by molar-refractivity contribution is -0.134. The van der Waals surface area contributed by atoms with E-state index >= 15 is 0 Å². The molecule has 4 N–H and O–H groups in total. The molecule has 0 unspecified atom stereocenters. The van der Waals surface area contributed by atoms with Crippen LogP contribution in [0.4, 0.5) is 0 Å². The molecule has 1 saturated heterocycles. The van der Waals surface area contributed by atoms with Gasteiger partial charge < -0.3 is 10.6 Å². The summed E-state index contributed by atoms with van der Waals surface area (Å²) in [7, 11) is -3.65. The maximum Gasteiger partial charge on any atom is 0.277 e. The second-order valence-electron chi connectivity index (χ2n) is 4.68. The van der Waals surface area contributed by atoms with Gasteiger partial charge in [0.05, 0.1) is 6.04 Å². The van der Waals surface area contributed by atoms with Crippen molar-refractivity contribution < 1.29 is 13.2 Å². The van der Waals surface area contributed by atoms with Gasteiger partial charge in [-0.2, -0.15) is 12.7 Å². The van der Waals surface area contributed by atoms with E-state index in [-0.39, 0.29) is 24.9 Å². The fourth-order valence-corrected chi connectivity index (χ4v) is 2.54. The molecule has 2 atom stereocenters. The summed E-state index contributed by atoms with van der Waals surface area (Å²) in [6.07, 6.45) is 0.837. The molecule has 1 aliphatic heterocycles. The van der Waals surface area contributed by atoms with E-state index in [9.17, 15) is 13.2 Å². The van der Waals surface area contributed by atoms with E-state index in [4.69, 9.17) is 10.9 Å². The van der Waals surface area contributed by atoms with Crippen LogP contribution in [-0.2, 0) is 15.0 Å². The second-order valence-corrected chi connectivity index (χ2v) is 6.23. The molecule has 0 aromatic carbocycles. The van der Waals surface area contributed by atoms with Gasteiger partial charge in [0.1, 0.15) is 0 Å². The van der Waals surface area contributed by atoms with Crippen molar-refractivity contribution in [2.45, 2.75) is 26.3 Å². The minimum absolute atomic E-state index is 0.113. The third kappa shape index (κ3) is 3.64. The van der Waals surface area contributed by atoms with Crippen LogP contribution in [0.2, 0.25) is 0 Å². The molecule has 1 heterocycles. The van der Waals surface area contributed by atoms with Crippen molar-refractivity contribution >= 4 is 16.1 Å². The quantitative estimate of drug-likeness (QED) is 0.666. The highest BCUT2D eigenvalue weighted by Gasteiger charge is 2.30. The number of hydrogen-bond acceptors (Lipinski definition) is 4. The number of carbonyl (C=O) groups excluding carboxylic acids is 1. The highest BCUT2D eigenvalue weighted by atomic mass is 32.2. The Balaban J connectivity index is 2.55. The third-order valence-electron chi connectivity index (χ3n) is 3.45. The molecular weight excluding hydrogens is 256 g/mol. The molecule has 0 aromatic rings. The van der Waals surface area contributed by atoms with Gasteiger partial charge in [0, 0.05) is 26.2 Å². The van der Waals surface area contributed by atoms with Crippen LogP contribution in [0.3, 0.4) is 0 Å². The normalized spacial score (nSPS) is 21.7. The van der Waals surface area contributed by atoms with Crippen LogP contribution in [0.15, 0.2) is 0 Å². The topological polar surface area (TPSA) is 110 Å². The Morgan fingerprint density at radius 2 is 1.78 bits per heavy atom. The van der Waals surface area contributed by atoms with Crippen LogP contribution < -0.4 is 10.9 Å². The van der Waals surface area contributed by atoms with E-state index in [1.807, 2.05) is 13.8 Å². The average molecular weight is 278 g/mol. The second kappa shape index (κ2) is 5.96. The molecule has 0 aliphatic carbocycles. The van der Waals surface area contributed by atoms with Gasteiger partial charge in [-0.25, -0.2) is 5.14 Å². The molecule has 106 valence electrons. The number of rotatable bonds is 4. The van der Waals surface area contributed by atoms with Gasteiger partial charge in [0.25, 0.3) is 10.2 Å². The Labute approximate surface area is 108 Å². The van der Waals surface area contributed by atoms with E-state index in [1.54, 1.807) is 4.90 Å². The van der Waals surface area contributed by atoms with E-state index in [1.165, 1.54) is 4.31 Å². The molecule has 0 spiro atoms. The zero-order valence-corrected chi connectivity index (χ0v) is 11.7. The molecule has 0 bridgehead atoms. The highest BCUT2D eigenvalue weighted by Crippen LogP contribution is 2.11. The minimum Gasteiger partial charge on any atom is -0.339 e. The zero-order chi connectivity index (χ0) is 13.9. The van der Waals surface area contributed by atoms with E-state index in [0.29, 0.717) is 13.1 Å². The predicted octanol–water partition coefficient (Wildman–Crippen LogP) is -1.29. The maximum absolute atomic E-state index is 12.1. The van der Waals surface area contributed by atoms with Gasteiger partial charge in [-0.15, -0.1) is 0 Å². The molecule has 1 aliphatic rings. The molecule has 1 amide bonds. The van der Waals surface area contributed by atoms with Gasteiger partial charge in [0.2, 0.25) is 5.91 Å². The lowest BCUT2D eigenvalue weighted by atomic mass is 9.99. The molecule has 0 radical (unpaired) electrons.